The second-order valence-electron chi connectivity index (χ2n) is 12.6. The number of hydrogen-bond donors (Lipinski definition) is 0. The maximum absolute atomic E-state index is 13.3. The van der Waals surface area contributed by atoms with Gasteiger partial charge in [0.15, 0.2) is 11.6 Å². The molecule has 1 aromatic carbocycles. The summed E-state index contributed by atoms with van der Waals surface area (Å²) in [5.41, 5.74) is 6.67. The highest BCUT2D eigenvalue weighted by molar-refractivity contribution is 5.98. The zero-order valence-electron chi connectivity index (χ0n) is 23.0. The summed E-state index contributed by atoms with van der Waals surface area (Å²) in [6, 6.07) is 8.80. The lowest BCUT2D eigenvalue weighted by molar-refractivity contribution is -0.148. The Bertz CT molecular complexity index is 1190. The van der Waals surface area contributed by atoms with Gasteiger partial charge in [0.05, 0.1) is 5.92 Å². The highest BCUT2D eigenvalue weighted by atomic mass is 16.5. The standard InChI is InChI=1S/C33H41NO4/c1-21(35)38-20-32(37)30-13-12-29-26-11-8-23-18-31(36)28(19-27(23)25(26)14-15-33(29,30)2)22-6-9-24(10-7-22)34-16-4-3-5-17-34/h6-7,9-10,18,26,28-30H,3-5,8,11-17,19-20H2,1-2H3/t26-,28?,29+,30-,33+/m1/s1. The molecule has 1 heterocycles. The molecule has 0 amide bonds. The minimum Gasteiger partial charge on any atom is -0.458 e. The molecular formula is C33H41NO4. The van der Waals surface area contributed by atoms with E-state index < -0.39 is 0 Å². The van der Waals surface area contributed by atoms with Gasteiger partial charge in [-0.25, -0.2) is 0 Å². The van der Waals surface area contributed by atoms with Gasteiger partial charge in [-0.15, -0.1) is 0 Å². The van der Waals surface area contributed by atoms with Gasteiger partial charge in [0, 0.05) is 31.6 Å². The van der Waals surface area contributed by atoms with Crippen molar-refractivity contribution >= 4 is 23.2 Å². The molecule has 5 aliphatic rings. The lowest BCUT2D eigenvalue weighted by Crippen LogP contribution is -2.43. The molecule has 5 nitrogen and oxygen atoms in total. The van der Waals surface area contributed by atoms with Crippen LogP contribution in [0, 0.1) is 23.2 Å². The van der Waals surface area contributed by atoms with Gasteiger partial charge >= 0.3 is 5.97 Å². The molecule has 1 saturated heterocycles. The average Bonchev–Trinajstić information content (AvgIpc) is 3.29. The number of carbonyl (C=O) groups excluding carboxylic acids is 3. The smallest absolute Gasteiger partial charge is 0.303 e. The molecule has 1 aromatic rings. The Morgan fingerprint density at radius 2 is 1.79 bits per heavy atom. The van der Waals surface area contributed by atoms with E-state index in [0.717, 1.165) is 63.6 Å². The number of nitrogens with zero attached hydrogens (tertiary/aromatic N) is 1. The molecule has 38 heavy (non-hydrogen) atoms. The van der Waals surface area contributed by atoms with Crippen LogP contribution in [0.2, 0.25) is 0 Å². The van der Waals surface area contributed by atoms with E-state index in [4.69, 9.17) is 4.74 Å². The summed E-state index contributed by atoms with van der Waals surface area (Å²) in [5.74, 6) is 0.845. The summed E-state index contributed by atoms with van der Waals surface area (Å²) in [5, 5.41) is 0. The number of ketones is 2. The second-order valence-corrected chi connectivity index (χ2v) is 12.6. The van der Waals surface area contributed by atoms with E-state index in [2.05, 4.69) is 36.1 Å². The second kappa shape index (κ2) is 10.1. The van der Waals surface area contributed by atoms with Gasteiger partial charge in [0.1, 0.15) is 6.61 Å². The third-order valence-corrected chi connectivity index (χ3v) is 10.7. The number of carbonyl (C=O) groups is 3. The molecule has 5 heteroatoms. The summed E-state index contributed by atoms with van der Waals surface area (Å²) in [6.07, 6.45) is 12.6. The van der Waals surface area contributed by atoms with Crippen LogP contribution in [0.3, 0.4) is 0 Å². The molecule has 3 fully saturated rings. The molecule has 2 saturated carbocycles. The van der Waals surface area contributed by atoms with Crippen LogP contribution in [0.5, 0.6) is 0 Å². The maximum atomic E-state index is 13.3. The van der Waals surface area contributed by atoms with Gasteiger partial charge in [0.25, 0.3) is 0 Å². The summed E-state index contributed by atoms with van der Waals surface area (Å²) in [6.45, 7) is 5.84. The lowest BCUT2D eigenvalue weighted by atomic mass is 9.55. The Hall–Kier alpha value is -2.69. The van der Waals surface area contributed by atoms with Gasteiger partial charge in [-0.1, -0.05) is 24.6 Å². The maximum Gasteiger partial charge on any atom is 0.303 e. The molecule has 0 radical (unpaired) electrons. The van der Waals surface area contributed by atoms with Crippen molar-refractivity contribution in [2.24, 2.45) is 23.2 Å². The Balaban J connectivity index is 1.22. The molecular weight excluding hydrogens is 474 g/mol. The monoisotopic (exact) mass is 515 g/mol. The van der Waals surface area contributed by atoms with Gasteiger partial charge in [-0.05, 0) is 116 Å². The Labute approximate surface area is 226 Å². The van der Waals surface area contributed by atoms with Crippen molar-refractivity contribution in [2.75, 3.05) is 24.6 Å². The van der Waals surface area contributed by atoms with Gasteiger partial charge in [-0.3, -0.25) is 14.4 Å². The fourth-order valence-electron chi connectivity index (χ4n) is 8.69. The number of ether oxygens (including phenoxy) is 1. The number of hydrogen-bond acceptors (Lipinski definition) is 5. The number of benzene rings is 1. The van der Waals surface area contributed by atoms with Crippen LogP contribution in [-0.4, -0.2) is 37.2 Å². The van der Waals surface area contributed by atoms with Crippen molar-refractivity contribution in [3.8, 4) is 0 Å². The first-order chi connectivity index (χ1) is 18.3. The number of allylic oxidation sites excluding steroid dienone is 4. The van der Waals surface area contributed by atoms with Crippen LogP contribution in [0.1, 0.15) is 89.5 Å². The number of anilines is 1. The van der Waals surface area contributed by atoms with E-state index in [9.17, 15) is 14.4 Å². The number of piperidine rings is 1. The molecule has 4 aliphatic carbocycles. The third-order valence-electron chi connectivity index (χ3n) is 10.7. The van der Waals surface area contributed by atoms with Gasteiger partial charge in [-0.2, -0.15) is 0 Å². The van der Waals surface area contributed by atoms with Crippen LogP contribution in [0.15, 0.2) is 47.1 Å². The van der Waals surface area contributed by atoms with Crippen molar-refractivity contribution in [3.05, 3.63) is 52.6 Å². The largest absolute Gasteiger partial charge is 0.458 e. The zero-order chi connectivity index (χ0) is 26.4. The molecule has 0 bridgehead atoms. The van der Waals surface area contributed by atoms with Crippen LogP contribution in [-0.2, 0) is 19.1 Å². The zero-order valence-corrected chi connectivity index (χ0v) is 23.0. The van der Waals surface area contributed by atoms with E-state index in [1.165, 1.54) is 43.0 Å². The molecule has 6 rings (SSSR count). The van der Waals surface area contributed by atoms with E-state index in [1.807, 2.05) is 6.08 Å². The first kappa shape index (κ1) is 25.6. The van der Waals surface area contributed by atoms with E-state index >= 15 is 0 Å². The predicted octanol–water partition coefficient (Wildman–Crippen LogP) is 6.32. The van der Waals surface area contributed by atoms with E-state index in [-0.39, 0.29) is 41.4 Å². The number of esters is 1. The SMILES string of the molecule is CC(=O)OCC(=O)[C@H]1CC[C@H]2[C@@H]3CCC4=CC(=O)C(c5ccc(N6CCCCC6)cc5)CC4=C3CC[C@]12C. The molecule has 1 unspecified atom stereocenters. The van der Waals surface area contributed by atoms with E-state index in [0.29, 0.717) is 11.8 Å². The quantitative estimate of drug-likeness (QED) is 0.429. The Morgan fingerprint density at radius 3 is 2.53 bits per heavy atom. The molecule has 0 N–H and O–H groups in total. The summed E-state index contributed by atoms with van der Waals surface area (Å²) in [4.78, 5) is 40.0. The van der Waals surface area contributed by atoms with Gasteiger partial charge < -0.3 is 9.64 Å². The summed E-state index contributed by atoms with van der Waals surface area (Å²) >= 11 is 0. The number of rotatable bonds is 5. The first-order valence-electron chi connectivity index (χ1n) is 14.8. The van der Waals surface area contributed by atoms with Gasteiger partial charge in [0.2, 0.25) is 0 Å². The number of Topliss-reactive ketones (excluding diaryl/α,β-unsaturated/α-hetero) is 1. The summed E-state index contributed by atoms with van der Waals surface area (Å²) < 4.78 is 5.08. The van der Waals surface area contributed by atoms with E-state index in [1.54, 1.807) is 5.57 Å². The lowest BCUT2D eigenvalue weighted by Gasteiger charge is -2.49. The molecule has 1 aliphatic heterocycles. The third kappa shape index (κ3) is 4.46. The first-order valence-corrected chi connectivity index (χ1v) is 14.8. The van der Waals surface area contributed by atoms with Crippen molar-refractivity contribution in [2.45, 2.75) is 84.0 Å². The summed E-state index contributed by atoms with van der Waals surface area (Å²) in [7, 11) is 0. The fraction of sp³-hybridized carbons (Fsp3) is 0.606. The van der Waals surface area contributed by atoms with Crippen molar-refractivity contribution in [3.63, 3.8) is 0 Å². The molecule has 0 aromatic heterocycles. The average molecular weight is 516 g/mol. The Morgan fingerprint density at radius 1 is 1.03 bits per heavy atom. The molecule has 202 valence electrons. The normalized spacial score (nSPS) is 32.7. The van der Waals surface area contributed by atoms with Crippen molar-refractivity contribution in [1.82, 2.24) is 0 Å². The van der Waals surface area contributed by atoms with Crippen LogP contribution in [0.25, 0.3) is 0 Å². The predicted molar refractivity (Wildman–Crippen MR) is 148 cm³/mol. The van der Waals surface area contributed by atoms with Crippen molar-refractivity contribution in [1.29, 1.82) is 0 Å². The fourth-order valence-corrected chi connectivity index (χ4v) is 8.69. The molecule has 5 atom stereocenters. The van der Waals surface area contributed by atoms with Crippen LogP contribution < -0.4 is 4.90 Å². The minimum absolute atomic E-state index is 0.0190. The van der Waals surface area contributed by atoms with Crippen molar-refractivity contribution < 1.29 is 19.1 Å². The van der Waals surface area contributed by atoms with Crippen LogP contribution >= 0.6 is 0 Å². The highest BCUT2D eigenvalue weighted by Crippen LogP contribution is 2.62. The Kier molecular flexibility index (Phi) is 6.82. The topological polar surface area (TPSA) is 63.7 Å². The van der Waals surface area contributed by atoms with Crippen LogP contribution in [0.4, 0.5) is 5.69 Å². The molecule has 0 spiro atoms. The number of fused-ring (bicyclic) bond motifs is 4. The highest BCUT2D eigenvalue weighted by Gasteiger charge is 2.55. The minimum atomic E-state index is -0.386.